The van der Waals surface area contributed by atoms with Crippen molar-refractivity contribution >= 4 is 34.3 Å². The standard InChI is InChI=1S/C26H25ClN4O5/c27-21-10-3-1-7-18(21)15-28-24(33)17-31-22-11-4-2-9-20(22)25(34)30(26(31)35)13-5-12-23(32)29-16-19-8-6-14-36-19/h1-4,6-11,14H,5,12-13,15-17H2,(H,28,33)(H,29,32). The number of hydrogen-bond acceptors (Lipinski definition) is 5. The summed E-state index contributed by atoms with van der Waals surface area (Å²) in [7, 11) is 0. The van der Waals surface area contributed by atoms with Crippen LogP contribution in [0.3, 0.4) is 0 Å². The summed E-state index contributed by atoms with van der Waals surface area (Å²) >= 11 is 6.15. The predicted octanol–water partition coefficient (Wildman–Crippen LogP) is 2.82. The molecule has 4 rings (SSSR count). The monoisotopic (exact) mass is 508 g/mol. The van der Waals surface area contributed by atoms with Gasteiger partial charge >= 0.3 is 5.69 Å². The Bertz CT molecular complexity index is 1490. The van der Waals surface area contributed by atoms with Crippen LogP contribution in [-0.2, 0) is 35.8 Å². The van der Waals surface area contributed by atoms with Crippen molar-refractivity contribution in [2.75, 3.05) is 0 Å². The van der Waals surface area contributed by atoms with Crippen LogP contribution < -0.4 is 21.9 Å². The second-order valence-corrected chi connectivity index (χ2v) is 8.58. The fourth-order valence-corrected chi connectivity index (χ4v) is 4.04. The van der Waals surface area contributed by atoms with Gasteiger partial charge in [-0.25, -0.2) is 4.79 Å². The highest BCUT2D eigenvalue weighted by molar-refractivity contribution is 6.31. The van der Waals surface area contributed by atoms with E-state index in [4.69, 9.17) is 16.0 Å². The fraction of sp³-hybridized carbons (Fsp3) is 0.231. The maximum Gasteiger partial charge on any atom is 0.331 e. The molecule has 4 aromatic rings. The predicted molar refractivity (Wildman–Crippen MR) is 136 cm³/mol. The minimum Gasteiger partial charge on any atom is -0.467 e. The summed E-state index contributed by atoms with van der Waals surface area (Å²) in [5, 5.41) is 6.35. The summed E-state index contributed by atoms with van der Waals surface area (Å²) in [6.45, 7) is 0.238. The molecule has 9 nitrogen and oxygen atoms in total. The molecule has 0 aliphatic carbocycles. The van der Waals surface area contributed by atoms with Gasteiger partial charge in [-0.3, -0.25) is 23.5 Å². The Morgan fingerprint density at radius 2 is 1.61 bits per heavy atom. The van der Waals surface area contributed by atoms with Crippen molar-refractivity contribution < 1.29 is 14.0 Å². The average Bonchev–Trinajstić information content (AvgIpc) is 3.41. The molecule has 36 heavy (non-hydrogen) atoms. The lowest BCUT2D eigenvalue weighted by Crippen LogP contribution is -2.42. The van der Waals surface area contributed by atoms with Crippen LogP contribution in [0.15, 0.2) is 80.9 Å². The zero-order chi connectivity index (χ0) is 25.5. The minimum atomic E-state index is -0.609. The van der Waals surface area contributed by atoms with E-state index in [-0.39, 0.29) is 44.9 Å². The Kier molecular flexibility index (Phi) is 8.02. The molecule has 2 amide bonds. The highest BCUT2D eigenvalue weighted by atomic mass is 35.5. The normalized spacial score (nSPS) is 10.9. The molecule has 186 valence electrons. The van der Waals surface area contributed by atoms with Crippen LogP contribution in [0.25, 0.3) is 10.9 Å². The number of rotatable bonds is 10. The molecule has 0 bridgehead atoms. The van der Waals surface area contributed by atoms with E-state index >= 15 is 0 Å². The van der Waals surface area contributed by atoms with Crippen molar-refractivity contribution in [2.45, 2.75) is 39.0 Å². The number of para-hydroxylation sites is 1. The zero-order valence-electron chi connectivity index (χ0n) is 19.4. The highest BCUT2D eigenvalue weighted by Crippen LogP contribution is 2.14. The maximum absolute atomic E-state index is 13.2. The van der Waals surface area contributed by atoms with E-state index in [1.54, 1.807) is 54.6 Å². The van der Waals surface area contributed by atoms with Gasteiger partial charge in [0.1, 0.15) is 12.3 Å². The molecule has 0 unspecified atom stereocenters. The Balaban J connectivity index is 1.47. The van der Waals surface area contributed by atoms with Gasteiger partial charge in [-0.2, -0.15) is 0 Å². The van der Waals surface area contributed by atoms with Crippen LogP contribution in [0, 0.1) is 0 Å². The molecular weight excluding hydrogens is 484 g/mol. The molecule has 0 atom stereocenters. The quantitative estimate of drug-likeness (QED) is 0.342. The van der Waals surface area contributed by atoms with Gasteiger partial charge in [0.05, 0.1) is 23.7 Å². The van der Waals surface area contributed by atoms with Gasteiger partial charge in [0.25, 0.3) is 5.56 Å². The molecular formula is C26H25ClN4O5. The van der Waals surface area contributed by atoms with E-state index in [1.165, 1.54) is 10.8 Å². The molecule has 0 spiro atoms. The summed E-state index contributed by atoms with van der Waals surface area (Å²) in [5.41, 5.74) is 0.0507. The highest BCUT2D eigenvalue weighted by Gasteiger charge is 2.16. The summed E-state index contributed by atoms with van der Waals surface area (Å²) in [4.78, 5) is 51.1. The van der Waals surface area contributed by atoms with E-state index < -0.39 is 17.2 Å². The van der Waals surface area contributed by atoms with Crippen LogP contribution in [0.1, 0.15) is 24.2 Å². The van der Waals surface area contributed by atoms with Crippen molar-refractivity contribution in [1.29, 1.82) is 0 Å². The number of fused-ring (bicyclic) bond motifs is 1. The molecule has 0 aliphatic heterocycles. The topological polar surface area (TPSA) is 115 Å². The fourth-order valence-electron chi connectivity index (χ4n) is 3.84. The zero-order valence-corrected chi connectivity index (χ0v) is 20.2. The minimum absolute atomic E-state index is 0.0396. The lowest BCUT2D eigenvalue weighted by atomic mass is 10.2. The molecule has 2 N–H and O–H groups in total. The SMILES string of the molecule is O=C(CCCn1c(=O)c2ccccc2n(CC(=O)NCc2ccccc2Cl)c1=O)NCc1ccco1. The molecule has 2 heterocycles. The van der Waals surface area contributed by atoms with E-state index in [9.17, 15) is 19.2 Å². The largest absolute Gasteiger partial charge is 0.467 e. The molecule has 0 radical (unpaired) electrons. The van der Waals surface area contributed by atoms with Crippen LogP contribution in [-0.4, -0.2) is 20.9 Å². The van der Waals surface area contributed by atoms with Crippen molar-refractivity contribution in [2.24, 2.45) is 0 Å². The first-order valence-corrected chi connectivity index (χ1v) is 11.8. The van der Waals surface area contributed by atoms with E-state index in [0.717, 1.165) is 10.1 Å². The first kappa shape index (κ1) is 25.0. The van der Waals surface area contributed by atoms with Crippen molar-refractivity contribution in [3.05, 3.63) is 104 Å². The third-order valence-corrected chi connectivity index (χ3v) is 6.06. The van der Waals surface area contributed by atoms with Gasteiger partial charge in [-0.05, 0) is 42.3 Å². The number of benzene rings is 2. The van der Waals surface area contributed by atoms with Crippen LogP contribution in [0.2, 0.25) is 5.02 Å². The number of halogens is 1. The second-order valence-electron chi connectivity index (χ2n) is 8.17. The molecule has 0 saturated carbocycles. The van der Waals surface area contributed by atoms with Crippen LogP contribution in [0.4, 0.5) is 0 Å². The van der Waals surface area contributed by atoms with E-state index in [2.05, 4.69) is 10.6 Å². The molecule has 0 saturated heterocycles. The van der Waals surface area contributed by atoms with Gasteiger partial charge in [0.2, 0.25) is 11.8 Å². The van der Waals surface area contributed by atoms with Gasteiger partial charge in [0, 0.05) is 24.5 Å². The summed E-state index contributed by atoms with van der Waals surface area (Å²) in [6, 6.07) is 17.3. The molecule has 2 aromatic carbocycles. The van der Waals surface area contributed by atoms with Crippen molar-refractivity contribution in [3.8, 4) is 0 Å². The molecule has 0 aliphatic rings. The third-order valence-electron chi connectivity index (χ3n) is 5.69. The number of nitrogens with one attached hydrogen (secondary N) is 2. The number of carbonyl (C=O) groups excluding carboxylic acids is 2. The lowest BCUT2D eigenvalue weighted by Gasteiger charge is -2.14. The van der Waals surface area contributed by atoms with Gasteiger partial charge in [0.15, 0.2) is 0 Å². The van der Waals surface area contributed by atoms with Gasteiger partial charge < -0.3 is 15.1 Å². The number of furan rings is 1. The molecule has 0 fully saturated rings. The molecule has 2 aromatic heterocycles. The van der Waals surface area contributed by atoms with Gasteiger partial charge in [-0.15, -0.1) is 0 Å². The second kappa shape index (κ2) is 11.5. The Morgan fingerprint density at radius 1 is 0.861 bits per heavy atom. The van der Waals surface area contributed by atoms with Crippen molar-refractivity contribution in [3.63, 3.8) is 0 Å². The third kappa shape index (κ3) is 5.92. The van der Waals surface area contributed by atoms with Crippen LogP contribution in [0.5, 0.6) is 0 Å². The first-order valence-electron chi connectivity index (χ1n) is 11.5. The summed E-state index contributed by atoms with van der Waals surface area (Å²) in [6.07, 6.45) is 1.92. The Labute approximate surface area is 211 Å². The summed E-state index contributed by atoms with van der Waals surface area (Å²) in [5.74, 6) is 0.00832. The Morgan fingerprint density at radius 3 is 2.39 bits per heavy atom. The van der Waals surface area contributed by atoms with E-state index in [0.29, 0.717) is 21.7 Å². The maximum atomic E-state index is 13.2. The number of carbonyl (C=O) groups is 2. The first-order chi connectivity index (χ1) is 17.4. The molecule has 10 heteroatoms. The Hall–Kier alpha value is -4.11. The number of aromatic nitrogens is 2. The number of hydrogen-bond donors (Lipinski definition) is 2. The van der Waals surface area contributed by atoms with Gasteiger partial charge in [-0.1, -0.05) is 41.9 Å². The van der Waals surface area contributed by atoms with E-state index in [1.807, 2.05) is 6.07 Å². The van der Waals surface area contributed by atoms with Crippen molar-refractivity contribution in [1.82, 2.24) is 19.8 Å². The average molecular weight is 509 g/mol. The smallest absolute Gasteiger partial charge is 0.331 e. The lowest BCUT2D eigenvalue weighted by molar-refractivity contribution is -0.122. The van der Waals surface area contributed by atoms with Crippen LogP contribution >= 0.6 is 11.6 Å². The summed E-state index contributed by atoms with van der Waals surface area (Å²) < 4.78 is 7.53. The number of nitrogens with zero attached hydrogens (tertiary/aromatic N) is 2. The number of amides is 2.